The first-order valence-electron chi connectivity index (χ1n) is 9.67. The number of fused-ring (bicyclic) bond motifs is 1. The van der Waals surface area contributed by atoms with Gasteiger partial charge in [0.05, 0.1) is 0 Å². The van der Waals surface area contributed by atoms with Crippen molar-refractivity contribution >= 4 is 17.4 Å². The summed E-state index contributed by atoms with van der Waals surface area (Å²) in [5, 5.41) is 3.83. The Balaban J connectivity index is 1.57. The summed E-state index contributed by atoms with van der Waals surface area (Å²) in [7, 11) is 0. The number of nitrogens with one attached hydrogen (secondary N) is 1. The van der Waals surface area contributed by atoms with Gasteiger partial charge in [0, 0.05) is 28.7 Å². The molecule has 0 saturated carbocycles. The highest BCUT2D eigenvalue weighted by molar-refractivity contribution is 6.30. The summed E-state index contributed by atoms with van der Waals surface area (Å²) >= 11 is 5.86. The molecule has 1 N–H and O–H groups in total. The maximum atomic E-state index is 13.0. The van der Waals surface area contributed by atoms with Crippen molar-refractivity contribution in [3.8, 4) is 11.5 Å². The first-order chi connectivity index (χ1) is 14.7. The molecule has 0 fully saturated rings. The Bertz CT molecular complexity index is 1070. The molecule has 0 radical (unpaired) electrons. The molecule has 1 atom stereocenters. The van der Waals surface area contributed by atoms with Gasteiger partial charge in [-0.1, -0.05) is 42.8 Å². The Morgan fingerprint density at radius 1 is 1.06 bits per heavy atom. The van der Waals surface area contributed by atoms with Gasteiger partial charge in [0.15, 0.2) is 11.5 Å². The van der Waals surface area contributed by atoms with Crippen LogP contribution in [0.1, 0.15) is 23.6 Å². The van der Waals surface area contributed by atoms with Crippen molar-refractivity contribution < 1.29 is 22.6 Å². The lowest BCUT2D eigenvalue weighted by atomic mass is 9.79. The molecule has 0 spiro atoms. The second-order valence-electron chi connectivity index (χ2n) is 7.73. The van der Waals surface area contributed by atoms with Crippen LogP contribution in [0.4, 0.5) is 19.0 Å². The van der Waals surface area contributed by atoms with Gasteiger partial charge in [-0.05, 0) is 47.9 Å². The minimum Gasteiger partial charge on any atom is -0.485 e. The molecule has 3 aromatic rings. The largest absolute Gasteiger partial charge is 0.573 e. The van der Waals surface area contributed by atoms with E-state index in [2.05, 4.69) is 22.0 Å². The predicted octanol–water partition coefficient (Wildman–Crippen LogP) is 6.14. The number of anilines is 1. The van der Waals surface area contributed by atoms with E-state index in [0.29, 0.717) is 23.6 Å². The smallest absolute Gasteiger partial charge is 0.485 e. The summed E-state index contributed by atoms with van der Waals surface area (Å²) in [6.45, 7) is 2.79. The van der Waals surface area contributed by atoms with Gasteiger partial charge in [0.1, 0.15) is 12.4 Å². The molecule has 4 rings (SSSR count). The molecule has 0 bridgehead atoms. The van der Waals surface area contributed by atoms with Crippen LogP contribution in [0.3, 0.4) is 0 Å². The minimum atomic E-state index is -4.83. The maximum Gasteiger partial charge on any atom is 0.573 e. The third-order valence-corrected chi connectivity index (χ3v) is 5.49. The molecule has 31 heavy (non-hydrogen) atoms. The van der Waals surface area contributed by atoms with Gasteiger partial charge >= 0.3 is 6.36 Å². The third-order valence-electron chi connectivity index (χ3n) is 5.24. The molecular formula is C23H20ClF3N2O2. The number of pyridine rings is 1. The second kappa shape index (κ2) is 8.30. The van der Waals surface area contributed by atoms with Gasteiger partial charge in [-0.2, -0.15) is 0 Å². The van der Waals surface area contributed by atoms with Crippen molar-refractivity contribution in [1.29, 1.82) is 0 Å². The lowest BCUT2D eigenvalue weighted by molar-refractivity contribution is -0.275. The lowest BCUT2D eigenvalue weighted by Crippen LogP contribution is -2.27. The first kappa shape index (κ1) is 21.3. The Morgan fingerprint density at radius 3 is 2.55 bits per heavy atom. The van der Waals surface area contributed by atoms with Crippen molar-refractivity contribution in [2.45, 2.75) is 31.7 Å². The van der Waals surface area contributed by atoms with Gasteiger partial charge in [-0.25, -0.2) is 4.98 Å². The quantitative estimate of drug-likeness (QED) is 0.492. The van der Waals surface area contributed by atoms with Crippen LogP contribution < -0.4 is 14.8 Å². The number of hydrogen-bond acceptors (Lipinski definition) is 4. The summed E-state index contributed by atoms with van der Waals surface area (Å²) in [6.07, 6.45) is -2.60. The van der Waals surface area contributed by atoms with E-state index in [1.54, 1.807) is 36.5 Å². The average molecular weight is 449 g/mol. The molecule has 1 aliphatic heterocycles. The Hall–Kier alpha value is -2.93. The van der Waals surface area contributed by atoms with Gasteiger partial charge in [0.25, 0.3) is 0 Å². The van der Waals surface area contributed by atoms with E-state index in [4.69, 9.17) is 16.3 Å². The highest BCUT2D eigenvalue weighted by Crippen LogP contribution is 2.40. The molecule has 1 unspecified atom stereocenters. The summed E-state index contributed by atoms with van der Waals surface area (Å²) in [5.74, 6) is 0.465. The molecule has 8 heteroatoms. The monoisotopic (exact) mass is 448 g/mol. The number of benzene rings is 2. The van der Waals surface area contributed by atoms with E-state index in [-0.39, 0.29) is 23.5 Å². The zero-order valence-electron chi connectivity index (χ0n) is 16.7. The molecule has 162 valence electrons. The van der Waals surface area contributed by atoms with Crippen LogP contribution in [0.5, 0.6) is 11.5 Å². The van der Waals surface area contributed by atoms with Crippen molar-refractivity contribution in [3.05, 3.63) is 82.5 Å². The first-order valence-corrected chi connectivity index (χ1v) is 10.0. The van der Waals surface area contributed by atoms with E-state index in [1.807, 2.05) is 12.1 Å². The fourth-order valence-electron chi connectivity index (χ4n) is 3.74. The normalized spacial score (nSPS) is 17.7. The number of rotatable bonds is 6. The van der Waals surface area contributed by atoms with E-state index in [0.717, 1.165) is 16.9 Å². The van der Waals surface area contributed by atoms with Gasteiger partial charge in [0.2, 0.25) is 0 Å². The van der Waals surface area contributed by atoms with E-state index in [1.165, 1.54) is 12.1 Å². The fraction of sp³-hybridized carbons (Fsp3) is 0.261. The van der Waals surface area contributed by atoms with Crippen LogP contribution in [0.25, 0.3) is 0 Å². The lowest BCUT2D eigenvalue weighted by Gasteiger charge is -2.24. The van der Waals surface area contributed by atoms with E-state index >= 15 is 0 Å². The highest BCUT2D eigenvalue weighted by atomic mass is 35.5. The van der Waals surface area contributed by atoms with Crippen molar-refractivity contribution in [1.82, 2.24) is 4.98 Å². The molecular weight excluding hydrogens is 429 g/mol. The summed E-state index contributed by atoms with van der Waals surface area (Å²) in [4.78, 5) is 4.32. The van der Waals surface area contributed by atoms with E-state index in [9.17, 15) is 13.2 Å². The third kappa shape index (κ3) is 5.05. The van der Waals surface area contributed by atoms with Crippen molar-refractivity contribution in [3.63, 3.8) is 0 Å². The molecule has 0 aliphatic carbocycles. The summed E-state index contributed by atoms with van der Waals surface area (Å²) in [6, 6.07) is 15.4. The average Bonchev–Trinajstić information content (AvgIpc) is 3.04. The molecule has 2 aromatic carbocycles. The van der Waals surface area contributed by atoms with Crippen molar-refractivity contribution in [2.75, 3.05) is 11.9 Å². The van der Waals surface area contributed by atoms with Crippen LogP contribution in [-0.2, 0) is 18.4 Å². The molecule has 2 heterocycles. The van der Waals surface area contributed by atoms with Crippen LogP contribution >= 0.6 is 11.6 Å². The topological polar surface area (TPSA) is 43.4 Å². The standard InChI is InChI=1S/C23H20ClF3N2O2/c1-22(14-29-21-18(22)3-2-10-28-21)12-16-6-9-19(20(11-16)31-23(25,26)27)30-13-15-4-7-17(24)8-5-15/h2-11H,12-14H2,1H3,(H,28,29). The zero-order chi connectivity index (χ0) is 22.1. The predicted molar refractivity (Wildman–Crippen MR) is 113 cm³/mol. The highest BCUT2D eigenvalue weighted by Gasteiger charge is 2.36. The molecule has 0 saturated heterocycles. The Morgan fingerprint density at radius 2 is 1.81 bits per heavy atom. The van der Waals surface area contributed by atoms with Gasteiger partial charge in [-0.15, -0.1) is 13.2 Å². The minimum absolute atomic E-state index is 0.0211. The zero-order valence-corrected chi connectivity index (χ0v) is 17.4. The number of alkyl halides is 3. The van der Waals surface area contributed by atoms with Crippen LogP contribution in [-0.4, -0.2) is 17.9 Å². The number of nitrogens with zero attached hydrogens (tertiary/aromatic N) is 1. The SMILES string of the molecule is CC1(Cc2ccc(OCc3ccc(Cl)cc3)c(OC(F)(F)F)c2)CNc2ncccc21. The number of hydrogen-bond donors (Lipinski definition) is 1. The maximum absolute atomic E-state index is 13.0. The van der Waals surface area contributed by atoms with Crippen molar-refractivity contribution in [2.24, 2.45) is 0 Å². The number of aromatic nitrogens is 1. The van der Waals surface area contributed by atoms with Crippen LogP contribution in [0.15, 0.2) is 60.8 Å². The molecule has 4 nitrogen and oxygen atoms in total. The van der Waals surface area contributed by atoms with E-state index < -0.39 is 6.36 Å². The summed E-state index contributed by atoms with van der Waals surface area (Å²) in [5.41, 5.74) is 2.22. The second-order valence-corrected chi connectivity index (χ2v) is 8.17. The summed E-state index contributed by atoms with van der Waals surface area (Å²) < 4.78 is 49.0. The van der Waals surface area contributed by atoms with Crippen LogP contribution in [0.2, 0.25) is 5.02 Å². The van der Waals surface area contributed by atoms with Crippen LogP contribution in [0, 0.1) is 0 Å². The Labute approximate surface area is 183 Å². The number of halogens is 4. The molecule has 1 aromatic heterocycles. The number of ether oxygens (including phenoxy) is 2. The Kier molecular flexibility index (Phi) is 5.71. The molecule has 0 amide bonds. The van der Waals surface area contributed by atoms with Gasteiger partial charge < -0.3 is 14.8 Å². The molecule has 1 aliphatic rings. The van der Waals surface area contributed by atoms with Gasteiger partial charge in [-0.3, -0.25) is 0 Å². The fourth-order valence-corrected chi connectivity index (χ4v) is 3.87.